The number of rotatable bonds is 6. The minimum absolute atomic E-state index is 0.00665. The second-order valence-electron chi connectivity index (χ2n) is 7.50. The molecule has 32 heavy (non-hydrogen) atoms. The summed E-state index contributed by atoms with van der Waals surface area (Å²) in [4.78, 5) is 25.9. The van der Waals surface area contributed by atoms with Gasteiger partial charge < -0.3 is 19.3 Å². The molecule has 0 fully saturated rings. The van der Waals surface area contributed by atoms with Crippen LogP contribution in [0.3, 0.4) is 0 Å². The highest BCUT2D eigenvalue weighted by Crippen LogP contribution is 2.31. The molecule has 4 aromatic rings. The van der Waals surface area contributed by atoms with Crippen molar-refractivity contribution in [1.82, 2.24) is 9.47 Å². The first kappa shape index (κ1) is 21.4. The number of aromatic carboxylic acids is 1. The molecule has 1 heterocycles. The number of carbonyl (C=O) groups excluding carboxylic acids is 1. The van der Waals surface area contributed by atoms with E-state index in [9.17, 15) is 19.1 Å². The first-order valence-corrected chi connectivity index (χ1v) is 10.3. The Balaban J connectivity index is 1.93. The normalized spacial score (nSPS) is 11.1. The third kappa shape index (κ3) is 3.77. The number of ether oxygens (including phenoxy) is 1. The molecule has 3 aromatic carbocycles. The monoisotopic (exact) mass is 434 g/mol. The van der Waals surface area contributed by atoms with Gasteiger partial charge in [0.15, 0.2) is 0 Å². The minimum atomic E-state index is -1.14. The maximum absolute atomic E-state index is 14.2. The lowest BCUT2D eigenvalue weighted by Gasteiger charge is -2.19. The zero-order chi connectivity index (χ0) is 22.8. The smallest absolute Gasteiger partial charge is 0.409 e. The summed E-state index contributed by atoms with van der Waals surface area (Å²) in [6.45, 7) is 2.37. The van der Waals surface area contributed by atoms with Gasteiger partial charge >= 0.3 is 12.1 Å². The first-order chi connectivity index (χ1) is 15.4. The number of fused-ring (bicyclic) bond motifs is 2. The van der Waals surface area contributed by atoms with Crippen LogP contribution in [0.25, 0.3) is 21.7 Å². The molecule has 0 unspecified atom stereocenters. The summed E-state index contributed by atoms with van der Waals surface area (Å²) in [5.41, 5.74) is 1.94. The molecule has 0 aliphatic heterocycles. The Morgan fingerprint density at radius 2 is 1.81 bits per heavy atom. The van der Waals surface area contributed by atoms with Crippen LogP contribution in [0.2, 0.25) is 0 Å². The number of carboxylic acid groups (broad SMARTS) is 1. The highest BCUT2D eigenvalue weighted by atomic mass is 19.1. The number of carbonyl (C=O) groups is 2. The number of methoxy groups -OCH3 is 1. The number of hydrogen-bond donors (Lipinski definition) is 1. The van der Waals surface area contributed by atoms with Crippen LogP contribution in [0.4, 0.5) is 9.18 Å². The molecule has 1 N–H and O–H groups in total. The van der Waals surface area contributed by atoms with Gasteiger partial charge in [-0.25, -0.2) is 14.0 Å². The van der Waals surface area contributed by atoms with Gasteiger partial charge in [-0.1, -0.05) is 42.5 Å². The highest BCUT2D eigenvalue weighted by molar-refractivity contribution is 5.99. The van der Waals surface area contributed by atoms with E-state index in [2.05, 4.69) is 0 Å². The largest absolute Gasteiger partial charge is 0.477 e. The SMILES string of the molecule is CCN(Cc1c(C(=O)O)n(Cc2cccc3ccccc23)c2ccc(F)cc12)C(=O)OC. The number of amides is 1. The summed E-state index contributed by atoms with van der Waals surface area (Å²) < 4.78 is 20.7. The van der Waals surface area contributed by atoms with Crippen molar-refractivity contribution in [3.8, 4) is 0 Å². The van der Waals surface area contributed by atoms with E-state index in [0.29, 0.717) is 23.0 Å². The van der Waals surface area contributed by atoms with Gasteiger partial charge in [-0.15, -0.1) is 0 Å². The fourth-order valence-electron chi connectivity index (χ4n) is 4.19. The third-order valence-corrected chi connectivity index (χ3v) is 5.70. The van der Waals surface area contributed by atoms with Gasteiger partial charge in [0.25, 0.3) is 0 Å². The summed E-state index contributed by atoms with van der Waals surface area (Å²) in [5.74, 6) is -1.61. The average molecular weight is 434 g/mol. The predicted octanol–water partition coefficient (Wildman–Crippen LogP) is 5.27. The minimum Gasteiger partial charge on any atom is -0.477 e. The molecule has 0 bridgehead atoms. The highest BCUT2D eigenvalue weighted by Gasteiger charge is 2.26. The molecule has 1 amide bonds. The van der Waals surface area contributed by atoms with E-state index < -0.39 is 17.9 Å². The summed E-state index contributed by atoms with van der Waals surface area (Å²) >= 11 is 0. The third-order valence-electron chi connectivity index (χ3n) is 5.70. The van der Waals surface area contributed by atoms with E-state index >= 15 is 0 Å². The van der Waals surface area contributed by atoms with Crippen molar-refractivity contribution < 1.29 is 23.8 Å². The Labute approximate surface area is 184 Å². The molecule has 1 aromatic heterocycles. The molecule has 0 aliphatic rings. The predicted molar refractivity (Wildman–Crippen MR) is 120 cm³/mol. The lowest BCUT2D eigenvalue weighted by Crippen LogP contribution is -2.30. The molecular weight excluding hydrogens is 411 g/mol. The Hall–Kier alpha value is -3.87. The maximum atomic E-state index is 14.2. The molecule has 0 aliphatic carbocycles. The van der Waals surface area contributed by atoms with Crippen molar-refractivity contribution in [2.75, 3.05) is 13.7 Å². The van der Waals surface area contributed by atoms with Gasteiger partial charge in [0.1, 0.15) is 11.5 Å². The molecule has 0 radical (unpaired) electrons. The van der Waals surface area contributed by atoms with Gasteiger partial charge in [0, 0.05) is 29.6 Å². The maximum Gasteiger partial charge on any atom is 0.409 e. The molecule has 0 saturated heterocycles. The number of nitrogens with zero attached hydrogens (tertiary/aromatic N) is 2. The van der Waals surface area contributed by atoms with Crippen LogP contribution in [0.15, 0.2) is 60.7 Å². The van der Waals surface area contributed by atoms with Crippen molar-refractivity contribution in [2.24, 2.45) is 0 Å². The standard InChI is InChI=1S/C25H23FN2O4/c1-3-27(25(31)32-2)15-21-20-13-18(26)11-12-22(20)28(23(21)24(29)30)14-17-9-6-8-16-7-4-5-10-19(16)17/h4-13H,3,14-15H2,1-2H3,(H,29,30). The molecular formula is C25H23FN2O4. The Morgan fingerprint density at radius 1 is 1.06 bits per heavy atom. The Morgan fingerprint density at radius 3 is 2.53 bits per heavy atom. The van der Waals surface area contributed by atoms with Gasteiger partial charge in [-0.3, -0.25) is 0 Å². The molecule has 0 atom stereocenters. The quantitative estimate of drug-likeness (QED) is 0.449. The zero-order valence-electron chi connectivity index (χ0n) is 17.8. The lowest BCUT2D eigenvalue weighted by molar-refractivity contribution is 0.0682. The molecule has 6 nitrogen and oxygen atoms in total. The van der Waals surface area contributed by atoms with Crippen LogP contribution in [0.5, 0.6) is 0 Å². The summed E-state index contributed by atoms with van der Waals surface area (Å²) in [6, 6.07) is 18.0. The molecule has 0 spiro atoms. The van der Waals surface area contributed by atoms with Crippen LogP contribution >= 0.6 is 0 Å². The van der Waals surface area contributed by atoms with Crippen LogP contribution in [-0.4, -0.2) is 40.3 Å². The van der Waals surface area contributed by atoms with E-state index in [1.807, 2.05) is 42.5 Å². The molecule has 0 saturated carbocycles. The van der Waals surface area contributed by atoms with Gasteiger partial charge in [-0.05, 0) is 41.5 Å². The lowest BCUT2D eigenvalue weighted by atomic mass is 10.0. The summed E-state index contributed by atoms with van der Waals surface area (Å²) in [7, 11) is 1.27. The van der Waals surface area contributed by atoms with Crippen LogP contribution in [0.1, 0.15) is 28.5 Å². The van der Waals surface area contributed by atoms with Crippen molar-refractivity contribution in [1.29, 1.82) is 0 Å². The number of carboxylic acids is 1. The molecule has 7 heteroatoms. The Bertz CT molecular complexity index is 1320. The van der Waals surface area contributed by atoms with Crippen LogP contribution in [0, 0.1) is 5.82 Å². The van der Waals surface area contributed by atoms with Crippen LogP contribution < -0.4 is 0 Å². The number of hydrogen-bond acceptors (Lipinski definition) is 3. The van der Waals surface area contributed by atoms with Crippen molar-refractivity contribution in [2.45, 2.75) is 20.0 Å². The number of benzene rings is 3. The summed E-state index contributed by atoms with van der Waals surface area (Å²) in [6.07, 6.45) is -0.574. The summed E-state index contributed by atoms with van der Waals surface area (Å²) in [5, 5.41) is 12.7. The van der Waals surface area contributed by atoms with E-state index in [-0.39, 0.29) is 18.8 Å². The van der Waals surface area contributed by atoms with E-state index in [1.165, 1.54) is 24.1 Å². The fourth-order valence-corrected chi connectivity index (χ4v) is 4.19. The number of aromatic nitrogens is 1. The second kappa shape index (κ2) is 8.70. The number of halogens is 1. The van der Waals surface area contributed by atoms with Crippen molar-refractivity contribution >= 4 is 33.7 Å². The van der Waals surface area contributed by atoms with Gasteiger partial charge in [0.2, 0.25) is 0 Å². The van der Waals surface area contributed by atoms with E-state index in [4.69, 9.17) is 4.74 Å². The molecule has 164 valence electrons. The average Bonchev–Trinajstić information content (AvgIpc) is 3.09. The van der Waals surface area contributed by atoms with Crippen LogP contribution in [-0.2, 0) is 17.8 Å². The fraction of sp³-hybridized carbons (Fsp3) is 0.200. The second-order valence-corrected chi connectivity index (χ2v) is 7.50. The van der Waals surface area contributed by atoms with Gasteiger partial charge in [-0.2, -0.15) is 0 Å². The van der Waals surface area contributed by atoms with Gasteiger partial charge in [0.05, 0.1) is 13.7 Å². The van der Waals surface area contributed by atoms with Crippen molar-refractivity contribution in [3.05, 3.63) is 83.3 Å². The topological polar surface area (TPSA) is 71.8 Å². The molecule has 4 rings (SSSR count). The first-order valence-electron chi connectivity index (χ1n) is 10.3. The Kier molecular flexibility index (Phi) is 5.81. The van der Waals surface area contributed by atoms with E-state index in [0.717, 1.165) is 16.3 Å². The van der Waals surface area contributed by atoms with E-state index in [1.54, 1.807) is 17.6 Å². The zero-order valence-corrected chi connectivity index (χ0v) is 17.8. The van der Waals surface area contributed by atoms with Crippen molar-refractivity contribution in [3.63, 3.8) is 0 Å².